The average molecular weight is 778 g/mol. The Hall–Kier alpha value is -2.16. The van der Waals surface area contributed by atoms with Gasteiger partial charge in [0.1, 0.15) is 5.75 Å². The third kappa shape index (κ3) is 5.45. The number of benzene rings is 2. The van der Waals surface area contributed by atoms with Crippen LogP contribution in [0.5, 0.6) is 17.2 Å². The van der Waals surface area contributed by atoms with Crippen molar-refractivity contribution in [2.75, 3.05) is 20.3 Å². The lowest BCUT2D eigenvalue weighted by Gasteiger charge is -2.26. The monoisotopic (exact) mass is 776 g/mol. The summed E-state index contributed by atoms with van der Waals surface area (Å²) < 4.78 is 20.4. The van der Waals surface area contributed by atoms with Gasteiger partial charge >= 0.3 is 5.97 Å². The fourth-order valence-electron chi connectivity index (χ4n) is 4.09. The topological polar surface area (TPSA) is 99.4 Å². The van der Waals surface area contributed by atoms with Crippen LogP contribution in [0.2, 0.25) is 0 Å². The van der Waals surface area contributed by atoms with E-state index >= 15 is 0 Å². The van der Waals surface area contributed by atoms with Gasteiger partial charge in [-0.05, 0) is 101 Å². The van der Waals surface area contributed by atoms with E-state index in [0.717, 1.165) is 5.56 Å². The molecule has 1 aromatic heterocycles. The summed E-state index contributed by atoms with van der Waals surface area (Å²) in [5, 5.41) is 10.1. The zero-order valence-electron chi connectivity index (χ0n) is 20.8. The van der Waals surface area contributed by atoms with E-state index in [1.54, 1.807) is 44.2 Å². The Morgan fingerprint density at radius 1 is 1.18 bits per heavy atom. The Balaban J connectivity index is 2.00. The number of rotatable bonds is 7. The van der Waals surface area contributed by atoms with Gasteiger partial charge in [0.05, 0.1) is 50.2 Å². The quantitative estimate of drug-likeness (QED) is 0.267. The first-order chi connectivity index (χ1) is 18.1. The summed E-state index contributed by atoms with van der Waals surface area (Å²) in [6.45, 7) is 5.95. The highest BCUT2D eigenvalue weighted by Gasteiger charge is 2.35. The molecule has 0 aliphatic carbocycles. The van der Waals surface area contributed by atoms with Crippen LogP contribution in [0.25, 0.3) is 6.08 Å². The highest BCUT2D eigenvalue weighted by Crippen LogP contribution is 2.41. The third-order valence-electron chi connectivity index (χ3n) is 5.73. The van der Waals surface area contributed by atoms with E-state index < -0.39 is 12.0 Å². The molecule has 0 bridgehead atoms. The molecule has 0 unspecified atom stereocenters. The molecule has 0 radical (unpaired) electrons. The number of ether oxygens (including phenoxy) is 3. The number of phenols is 1. The van der Waals surface area contributed by atoms with Crippen LogP contribution in [-0.4, -0.2) is 36.0 Å². The number of carbonyl (C=O) groups is 1. The number of esters is 1. The van der Waals surface area contributed by atoms with Gasteiger partial charge in [0.2, 0.25) is 0 Å². The number of allylic oxidation sites excluding steroid dienone is 1. The number of carbonyl (C=O) groups excluding carboxylic acids is 1. The molecule has 1 atom stereocenters. The van der Waals surface area contributed by atoms with Gasteiger partial charge in [-0.15, -0.1) is 0 Å². The first kappa shape index (κ1) is 28.8. The maximum atomic E-state index is 13.9. The molecule has 200 valence electrons. The largest absolute Gasteiger partial charge is 0.506 e. The molecule has 8 nitrogen and oxygen atoms in total. The van der Waals surface area contributed by atoms with Crippen LogP contribution >= 0.6 is 65.8 Å². The summed E-state index contributed by atoms with van der Waals surface area (Å²) in [5.74, 6) is 0.579. The fourth-order valence-corrected chi connectivity index (χ4v) is 7.18. The highest BCUT2D eigenvalue weighted by atomic mass is 127. The Morgan fingerprint density at radius 2 is 1.92 bits per heavy atom. The van der Waals surface area contributed by atoms with Crippen LogP contribution in [0, 0.1) is 3.57 Å². The first-order valence-corrected chi connectivity index (χ1v) is 15.0. The second-order valence-corrected chi connectivity index (χ2v) is 12.0. The van der Waals surface area contributed by atoms with Gasteiger partial charge in [-0.25, -0.2) is 9.79 Å². The Bertz CT molecular complexity index is 1620. The number of fused-ring (bicyclic) bond motifs is 1. The van der Waals surface area contributed by atoms with Crippen LogP contribution < -0.4 is 24.4 Å². The van der Waals surface area contributed by atoms with Gasteiger partial charge < -0.3 is 19.3 Å². The third-order valence-corrected chi connectivity index (χ3v) is 8.83. The summed E-state index contributed by atoms with van der Waals surface area (Å²) in [6, 6.07) is 6.21. The smallest absolute Gasteiger partial charge is 0.338 e. The first-order valence-electron chi connectivity index (χ1n) is 11.5. The van der Waals surface area contributed by atoms with Crippen molar-refractivity contribution in [3.63, 3.8) is 0 Å². The van der Waals surface area contributed by atoms with Crippen LogP contribution in [0.1, 0.15) is 37.9 Å². The van der Waals surface area contributed by atoms with E-state index in [2.05, 4.69) is 36.9 Å². The number of halogens is 3. The van der Waals surface area contributed by atoms with Crippen molar-refractivity contribution < 1.29 is 24.1 Å². The zero-order valence-corrected chi connectivity index (χ0v) is 26.9. The number of hydrogen-bond acceptors (Lipinski definition) is 8. The molecule has 2 aromatic carbocycles. The molecule has 1 N–H and O–H groups in total. The molecular formula is C26H23Br2IN2O6S. The van der Waals surface area contributed by atoms with Crippen molar-refractivity contribution in [2.24, 2.45) is 4.99 Å². The predicted octanol–water partition coefficient (Wildman–Crippen LogP) is 5.04. The minimum atomic E-state index is -0.821. The zero-order chi connectivity index (χ0) is 27.7. The van der Waals surface area contributed by atoms with Gasteiger partial charge in [-0.2, -0.15) is 0 Å². The minimum Gasteiger partial charge on any atom is -0.506 e. The maximum Gasteiger partial charge on any atom is 0.338 e. The number of thiazole rings is 1. The number of phenolic OH excluding ortho intramolecular Hbond substituents is 1. The summed E-state index contributed by atoms with van der Waals surface area (Å²) in [7, 11) is 1.53. The molecule has 0 fully saturated rings. The van der Waals surface area contributed by atoms with E-state index in [-0.39, 0.29) is 23.5 Å². The molecule has 2 heterocycles. The molecule has 0 amide bonds. The molecule has 0 saturated heterocycles. The van der Waals surface area contributed by atoms with Crippen molar-refractivity contribution in [2.45, 2.75) is 26.8 Å². The minimum absolute atomic E-state index is 0.133. The summed E-state index contributed by atoms with van der Waals surface area (Å²) in [6.07, 6.45) is 1.74. The van der Waals surface area contributed by atoms with Crippen molar-refractivity contribution in [1.82, 2.24) is 4.57 Å². The number of methoxy groups -OCH3 is 1. The van der Waals surface area contributed by atoms with E-state index in [9.17, 15) is 14.7 Å². The summed E-state index contributed by atoms with van der Waals surface area (Å²) in [4.78, 5) is 32.1. The standard InChI is InChI=1S/C26H23Br2IN2O6S/c1-5-36-19-11-15(27)14(10-18(19)35-4)22-21(25(34)37-6-2)12(3)30-26-31(22)24(33)20(38-26)9-13-7-16(28)23(32)17(29)8-13/h7-11,22,32H,5-6H2,1-4H3/b20-9+/t22-/m0/s1. The molecule has 1 aliphatic rings. The number of nitrogens with zero attached hydrogens (tertiary/aromatic N) is 2. The van der Waals surface area contributed by atoms with Gasteiger partial charge in [-0.3, -0.25) is 9.36 Å². The van der Waals surface area contributed by atoms with Gasteiger partial charge in [0.25, 0.3) is 5.56 Å². The normalized spacial score (nSPS) is 15.2. The van der Waals surface area contributed by atoms with Gasteiger partial charge in [0.15, 0.2) is 16.3 Å². The van der Waals surface area contributed by atoms with Crippen LogP contribution in [0.3, 0.4) is 0 Å². The number of aromatic nitrogens is 1. The lowest BCUT2D eigenvalue weighted by molar-refractivity contribution is -0.139. The SMILES string of the molecule is CCOC(=O)C1=C(C)N=c2s/c(=C/c3cc(Br)c(O)c(I)c3)c(=O)n2[C@H]1c1cc(OC)c(OCC)cc1Br. The second-order valence-electron chi connectivity index (χ2n) is 8.09. The number of hydrogen-bond donors (Lipinski definition) is 1. The van der Waals surface area contributed by atoms with E-state index in [1.807, 2.05) is 29.5 Å². The molecule has 12 heteroatoms. The maximum absolute atomic E-state index is 13.9. The Kier molecular flexibility index (Phi) is 9.05. The Labute approximate surface area is 253 Å². The summed E-state index contributed by atoms with van der Waals surface area (Å²) in [5.41, 5.74) is 1.76. The second kappa shape index (κ2) is 11.9. The molecule has 38 heavy (non-hydrogen) atoms. The molecule has 0 spiro atoms. The molecule has 1 aliphatic heterocycles. The molecular weight excluding hydrogens is 755 g/mol. The van der Waals surface area contributed by atoms with Crippen LogP contribution in [-0.2, 0) is 9.53 Å². The van der Waals surface area contributed by atoms with Crippen molar-refractivity contribution in [1.29, 1.82) is 0 Å². The van der Waals surface area contributed by atoms with E-state index in [1.165, 1.54) is 23.0 Å². The van der Waals surface area contributed by atoms with Gasteiger partial charge in [-0.1, -0.05) is 27.3 Å². The highest BCUT2D eigenvalue weighted by molar-refractivity contribution is 14.1. The van der Waals surface area contributed by atoms with Gasteiger partial charge in [0, 0.05) is 4.47 Å². The average Bonchev–Trinajstić information content (AvgIpc) is 3.16. The van der Waals surface area contributed by atoms with E-state index in [0.29, 0.717) is 51.2 Å². The lowest BCUT2D eigenvalue weighted by atomic mass is 9.95. The lowest BCUT2D eigenvalue weighted by Crippen LogP contribution is -2.40. The van der Waals surface area contributed by atoms with Crippen LogP contribution in [0.4, 0.5) is 0 Å². The molecule has 4 rings (SSSR count). The fraction of sp³-hybridized carbons (Fsp3) is 0.269. The number of aromatic hydroxyl groups is 1. The van der Waals surface area contributed by atoms with Crippen molar-refractivity contribution in [3.05, 3.63) is 78.9 Å². The Morgan fingerprint density at radius 3 is 2.55 bits per heavy atom. The molecule has 0 saturated carbocycles. The van der Waals surface area contributed by atoms with Crippen molar-refractivity contribution >= 4 is 77.8 Å². The van der Waals surface area contributed by atoms with Crippen molar-refractivity contribution in [3.8, 4) is 17.2 Å². The van der Waals surface area contributed by atoms with E-state index in [4.69, 9.17) is 14.2 Å². The molecule has 3 aromatic rings. The predicted molar refractivity (Wildman–Crippen MR) is 161 cm³/mol. The summed E-state index contributed by atoms with van der Waals surface area (Å²) >= 11 is 10.2. The van der Waals surface area contributed by atoms with Crippen LogP contribution in [0.15, 0.2) is 54.3 Å².